The minimum Gasteiger partial charge on any atom is -0.307 e. The zero-order valence-corrected chi connectivity index (χ0v) is 22.3. The number of carbonyl (C=O) groups excluding carboxylic acids is 1. The highest BCUT2D eigenvalue weighted by Gasteiger charge is 2.49. The van der Waals surface area contributed by atoms with Gasteiger partial charge in [-0.1, -0.05) is 18.2 Å². The van der Waals surface area contributed by atoms with Crippen molar-refractivity contribution in [3.63, 3.8) is 0 Å². The Bertz CT molecular complexity index is 1630. The van der Waals surface area contributed by atoms with E-state index in [2.05, 4.69) is 27.3 Å². The van der Waals surface area contributed by atoms with E-state index in [1.165, 1.54) is 6.07 Å². The lowest BCUT2D eigenvalue weighted by molar-refractivity contribution is 0.00752. The molecule has 2 aromatic heterocycles. The quantitative estimate of drug-likeness (QED) is 0.423. The summed E-state index contributed by atoms with van der Waals surface area (Å²) in [6.07, 6.45) is 7.49. The third kappa shape index (κ3) is 4.59. The molecule has 0 atom stereocenters. The molecule has 1 amide bonds. The molecule has 0 bridgehead atoms. The molecule has 0 saturated carbocycles. The van der Waals surface area contributed by atoms with E-state index in [1.807, 2.05) is 37.5 Å². The van der Waals surface area contributed by atoms with Crippen LogP contribution in [0.5, 0.6) is 0 Å². The number of aryl methyl sites for hydroxylation is 1. The topological polar surface area (TPSA) is 100 Å². The van der Waals surface area contributed by atoms with Gasteiger partial charge in [0.05, 0.1) is 11.1 Å². The molecule has 2 fully saturated rings. The summed E-state index contributed by atoms with van der Waals surface area (Å²) in [7, 11) is 0.313. The molecule has 6 rings (SSSR count). The summed E-state index contributed by atoms with van der Waals surface area (Å²) in [5.41, 5.74) is 2.37. The molecule has 4 aromatic rings. The van der Waals surface area contributed by atoms with Crippen LogP contribution in [0.1, 0.15) is 23.2 Å². The van der Waals surface area contributed by atoms with E-state index >= 15 is 0 Å². The molecule has 9 nitrogen and oxygen atoms in total. The maximum Gasteiger partial charge on any atom is 0.256 e. The number of nitrogens with zero attached hydrogens (tertiary/aromatic N) is 5. The van der Waals surface area contributed by atoms with Gasteiger partial charge in [0.2, 0.25) is 10.0 Å². The van der Waals surface area contributed by atoms with E-state index in [-0.39, 0.29) is 15.9 Å². The van der Waals surface area contributed by atoms with Gasteiger partial charge in [-0.15, -0.1) is 0 Å². The zero-order chi connectivity index (χ0) is 26.5. The number of likely N-dealkylation sites (tertiary alicyclic amines) is 1. The van der Waals surface area contributed by atoms with Crippen LogP contribution in [0.3, 0.4) is 0 Å². The molecule has 4 heterocycles. The smallest absolute Gasteiger partial charge is 0.256 e. The maximum atomic E-state index is 13.3. The van der Waals surface area contributed by atoms with E-state index in [0.717, 1.165) is 47.8 Å². The van der Waals surface area contributed by atoms with E-state index in [4.69, 9.17) is 0 Å². The van der Waals surface area contributed by atoms with Gasteiger partial charge in [0.25, 0.3) is 5.91 Å². The number of nitrogens with one attached hydrogen (secondary N) is 1. The number of piperidine rings is 1. The standard InChI is InChI=1S/C28H30N6O3S/c1-32-10-8-28(9-11-32)18-34(19-28)38(36,37)25-5-3-4-21(13-25)27(35)31-26-14-23-12-20(6-7-22(23)15-29-26)24-16-30-33(2)17-24/h3-7,12-17H,8-11,18-19H2,1-2H3,(H,29,31,35). The van der Waals surface area contributed by atoms with Crippen LogP contribution in [0.4, 0.5) is 5.82 Å². The molecule has 196 valence electrons. The summed E-state index contributed by atoms with van der Waals surface area (Å²) < 4.78 is 29.9. The number of pyridine rings is 1. The monoisotopic (exact) mass is 530 g/mol. The normalized spacial score (nSPS) is 17.9. The number of amides is 1. The number of hydrogen-bond donors (Lipinski definition) is 1. The van der Waals surface area contributed by atoms with Crippen LogP contribution >= 0.6 is 0 Å². The molecule has 38 heavy (non-hydrogen) atoms. The Labute approximate surface area is 222 Å². The fourth-order valence-electron chi connectivity index (χ4n) is 5.38. The third-order valence-corrected chi connectivity index (χ3v) is 9.59. The number of carbonyl (C=O) groups is 1. The molecule has 2 aliphatic rings. The number of aromatic nitrogens is 3. The molecular formula is C28H30N6O3S. The number of rotatable bonds is 5. The van der Waals surface area contributed by atoms with Crippen molar-refractivity contribution in [1.29, 1.82) is 0 Å². The lowest BCUT2D eigenvalue weighted by Gasteiger charge is -2.52. The summed E-state index contributed by atoms with van der Waals surface area (Å²) in [5.74, 6) is -0.0150. The predicted molar refractivity (Wildman–Crippen MR) is 146 cm³/mol. The average Bonchev–Trinajstić information content (AvgIpc) is 3.34. The highest BCUT2D eigenvalue weighted by Crippen LogP contribution is 2.42. The maximum absolute atomic E-state index is 13.3. The average molecular weight is 531 g/mol. The van der Waals surface area contributed by atoms with Gasteiger partial charge < -0.3 is 10.2 Å². The van der Waals surface area contributed by atoms with E-state index in [1.54, 1.807) is 39.6 Å². The molecule has 10 heteroatoms. The molecule has 1 spiro atoms. The molecule has 2 saturated heterocycles. The predicted octanol–water partition coefficient (Wildman–Crippen LogP) is 3.60. The van der Waals surface area contributed by atoms with Crippen molar-refractivity contribution in [2.45, 2.75) is 17.7 Å². The molecule has 1 N–H and O–H groups in total. The van der Waals surface area contributed by atoms with Crippen LogP contribution in [0, 0.1) is 5.41 Å². The Hall–Kier alpha value is -3.60. The Balaban J connectivity index is 1.18. The van der Waals surface area contributed by atoms with Crippen molar-refractivity contribution >= 4 is 32.5 Å². The van der Waals surface area contributed by atoms with Gasteiger partial charge >= 0.3 is 0 Å². The van der Waals surface area contributed by atoms with Crippen LogP contribution < -0.4 is 5.32 Å². The van der Waals surface area contributed by atoms with Crippen LogP contribution in [0.15, 0.2) is 72.0 Å². The Morgan fingerprint density at radius 2 is 1.74 bits per heavy atom. The SMILES string of the molecule is CN1CCC2(CC1)CN(S(=O)(=O)c1cccc(C(=O)Nc3cc4cc(-c5cnn(C)c5)ccc4cn3)c1)C2. The number of anilines is 1. The van der Waals surface area contributed by atoms with E-state index < -0.39 is 15.9 Å². The molecular weight excluding hydrogens is 500 g/mol. The van der Waals surface area contributed by atoms with E-state index in [0.29, 0.717) is 18.9 Å². The molecule has 0 aliphatic carbocycles. The van der Waals surface area contributed by atoms with E-state index in [9.17, 15) is 13.2 Å². The fraction of sp³-hybridized carbons (Fsp3) is 0.321. The second-order valence-corrected chi connectivity index (χ2v) is 12.5. The zero-order valence-electron chi connectivity index (χ0n) is 21.5. The highest BCUT2D eigenvalue weighted by molar-refractivity contribution is 7.89. The second kappa shape index (κ2) is 9.30. The minimum absolute atomic E-state index is 0.0905. The van der Waals surface area contributed by atoms with Gasteiger partial charge in [0.1, 0.15) is 5.82 Å². The van der Waals surface area contributed by atoms with Crippen molar-refractivity contribution in [2.75, 3.05) is 38.5 Å². The first-order chi connectivity index (χ1) is 18.2. The van der Waals surface area contributed by atoms with Crippen LogP contribution in [-0.2, 0) is 17.1 Å². The molecule has 2 aromatic carbocycles. The third-order valence-electron chi connectivity index (χ3n) is 7.81. The van der Waals surface area contributed by atoms with Crippen molar-refractivity contribution in [1.82, 2.24) is 24.0 Å². The number of fused-ring (bicyclic) bond motifs is 1. The molecule has 0 unspecified atom stereocenters. The van der Waals surface area contributed by atoms with Crippen LogP contribution in [0.25, 0.3) is 21.9 Å². The van der Waals surface area contributed by atoms with Gasteiger partial charge in [-0.2, -0.15) is 9.40 Å². The first-order valence-electron chi connectivity index (χ1n) is 12.7. The number of hydrogen-bond acceptors (Lipinski definition) is 6. The van der Waals surface area contributed by atoms with Crippen LogP contribution in [-0.4, -0.2) is 71.5 Å². The second-order valence-electron chi connectivity index (χ2n) is 10.6. The largest absolute Gasteiger partial charge is 0.307 e. The summed E-state index contributed by atoms with van der Waals surface area (Å²) >= 11 is 0. The Morgan fingerprint density at radius 3 is 2.47 bits per heavy atom. The minimum atomic E-state index is -3.66. The van der Waals surface area contributed by atoms with Crippen molar-refractivity contribution in [3.8, 4) is 11.1 Å². The van der Waals surface area contributed by atoms with Gasteiger partial charge in [-0.05, 0) is 74.3 Å². The first-order valence-corrected chi connectivity index (χ1v) is 14.1. The Kier molecular flexibility index (Phi) is 6.05. The van der Waals surface area contributed by atoms with Crippen molar-refractivity contribution < 1.29 is 13.2 Å². The number of sulfonamides is 1. The summed E-state index contributed by atoms with van der Waals surface area (Å²) in [5, 5.41) is 8.92. The van der Waals surface area contributed by atoms with Crippen LogP contribution in [0.2, 0.25) is 0 Å². The lowest BCUT2D eigenvalue weighted by Crippen LogP contribution is -2.61. The summed E-state index contributed by atoms with van der Waals surface area (Å²) in [6, 6.07) is 14.1. The van der Waals surface area contributed by atoms with Crippen molar-refractivity contribution in [2.24, 2.45) is 12.5 Å². The fourth-order valence-corrected chi connectivity index (χ4v) is 7.09. The lowest BCUT2D eigenvalue weighted by atomic mass is 9.73. The van der Waals surface area contributed by atoms with Gasteiger partial charge in [-0.3, -0.25) is 9.48 Å². The van der Waals surface area contributed by atoms with Gasteiger partial charge in [0, 0.05) is 54.5 Å². The molecule has 2 aliphatic heterocycles. The highest BCUT2D eigenvalue weighted by atomic mass is 32.2. The number of benzene rings is 2. The van der Waals surface area contributed by atoms with Gasteiger partial charge in [-0.25, -0.2) is 13.4 Å². The van der Waals surface area contributed by atoms with Gasteiger partial charge in [0.15, 0.2) is 0 Å². The Morgan fingerprint density at radius 1 is 0.947 bits per heavy atom. The first kappa shape index (κ1) is 24.7. The van der Waals surface area contributed by atoms with Crippen molar-refractivity contribution in [3.05, 3.63) is 72.7 Å². The summed E-state index contributed by atoms with van der Waals surface area (Å²) in [6.45, 7) is 3.08. The summed E-state index contributed by atoms with van der Waals surface area (Å²) in [4.78, 5) is 19.9. The molecule has 0 radical (unpaired) electrons.